The van der Waals surface area contributed by atoms with Gasteiger partial charge in [-0.05, 0) is 11.6 Å². The standard InChI is InChI=1S/C13H17IO/c1-12(2,3)13(9-14)8-10-6-4-5-7-11(10)15-13/h4-7H,8-9H2,1-3H3. The Morgan fingerprint density at radius 1 is 1.33 bits per heavy atom. The highest BCUT2D eigenvalue weighted by atomic mass is 127. The number of hydrogen-bond acceptors (Lipinski definition) is 1. The maximum absolute atomic E-state index is 6.20. The SMILES string of the molecule is CC(C)(C)C1(CI)Cc2ccccc2O1. The van der Waals surface area contributed by atoms with E-state index < -0.39 is 0 Å². The van der Waals surface area contributed by atoms with Crippen molar-refractivity contribution in [1.82, 2.24) is 0 Å². The van der Waals surface area contributed by atoms with Gasteiger partial charge in [-0.15, -0.1) is 0 Å². The molecule has 1 heterocycles. The number of ether oxygens (including phenoxy) is 1. The van der Waals surface area contributed by atoms with E-state index in [0.717, 1.165) is 16.6 Å². The van der Waals surface area contributed by atoms with Crippen molar-refractivity contribution in [3.63, 3.8) is 0 Å². The Kier molecular flexibility index (Phi) is 2.73. The Morgan fingerprint density at radius 2 is 2.00 bits per heavy atom. The van der Waals surface area contributed by atoms with Crippen molar-refractivity contribution in [2.45, 2.75) is 32.8 Å². The predicted octanol–water partition coefficient (Wildman–Crippen LogP) is 3.84. The summed E-state index contributed by atoms with van der Waals surface area (Å²) in [6.45, 7) is 6.78. The molecule has 15 heavy (non-hydrogen) atoms. The first-order valence-corrected chi connectivity index (χ1v) is 6.84. The van der Waals surface area contributed by atoms with Crippen molar-refractivity contribution in [1.29, 1.82) is 0 Å². The summed E-state index contributed by atoms with van der Waals surface area (Å²) >= 11 is 2.44. The van der Waals surface area contributed by atoms with Crippen LogP contribution in [-0.4, -0.2) is 10.0 Å². The third-order valence-corrected chi connectivity index (χ3v) is 4.57. The van der Waals surface area contributed by atoms with Crippen molar-refractivity contribution in [2.75, 3.05) is 4.43 Å². The van der Waals surface area contributed by atoms with Gasteiger partial charge in [0.1, 0.15) is 11.4 Å². The third-order valence-electron chi connectivity index (χ3n) is 3.34. The van der Waals surface area contributed by atoms with Crippen molar-refractivity contribution < 1.29 is 4.74 Å². The second kappa shape index (κ2) is 3.65. The molecule has 0 amide bonds. The van der Waals surface area contributed by atoms with Crippen LogP contribution in [-0.2, 0) is 6.42 Å². The van der Waals surface area contributed by atoms with Gasteiger partial charge in [0.25, 0.3) is 0 Å². The number of fused-ring (bicyclic) bond motifs is 1. The molecule has 1 aromatic carbocycles. The molecule has 1 unspecified atom stereocenters. The van der Waals surface area contributed by atoms with Crippen molar-refractivity contribution in [2.24, 2.45) is 5.41 Å². The van der Waals surface area contributed by atoms with E-state index in [2.05, 4.69) is 61.6 Å². The zero-order chi connectivity index (χ0) is 11.1. The molecule has 1 atom stereocenters. The normalized spacial score (nSPS) is 24.8. The fraction of sp³-hybridized carbons (Fsp3) is 0.538. The fourth-order valence-corrected chi connectivity index (χ4v) is 3.57. The van der Waals surface area contributed by atoms with Crippen molar-refractivity contribution in [3.05, 3.63) is 29.8 Å². The van der Waals surface area contributed by atoms with Crippen LogP contribution >= 0.6 is 22.6 Å². The number of rotatable bonds is 1. The number of para-hydroxylation sites is 1. The molecule has 2 heteroatoms. The molecule has 0 fully saturated rings. The van der Waals surface area contributed by atoms with E-state index in [9.17, 15) is 0 Å². The van der Waals surface area contributed by atoms with Gasteiger partial charge < -0.3 is 4.74 Å². The van der Waals surface area contributed by atoms with Crippen LogP contribution in [0, 0.1) is 5.41 Å². The van der Waals surface area contributed by atoms with E-state index in [1.165, 1.54) is 5.56 Å². The monoisotopic (exact) mass is 316 g/mol. The summed E-state index contributed by atoms with van der Waals surface area (Å²) in [5.74, 6) is 1.07. The molecule has 0 spiro atoms. The average Bonchev–Trinajstić information content (AvgIpc) is 2.56. The first kappa shape index (κ1) is 11.2. The second-order valence-corrected chi connectivity index (χ2v) is 6.03. The Morgan fingerprint density at radius 3 is 2.53 bits per heavy atom. The van der Waals surface area contributed by atoms with Crippen molar-refractivity contribution in [3.8, 4) is 5.75 Å². The highest BCUT2D eigenvalue weighted by molar-refractivity contribution is 14.1. The average molecular weight is 316 g/mol. The lowest BCUT2D eigenvalue weighted by atomic mass is 9.75. The number of benzene rings is 1. The molecule has 82 valence electrons. The smallest absolute Gasteiger partial charge is 0.127 e. The molecule has 1 aliphatic rings. The van der Waals surface area contributed by atoms with Gasteiger partial charge >= 0.3 is 0 Å². The number of hydrogen-bond donors (Lipinski definition) is 0. The van der Waals surface area contributed by atoms with Gasteiger partial charge in [-0.25, -0.2) is 0 Å². The Hall–Kier alpha value is -0.250. The molecule has 0 radical (unpaired) electrons. The Bertz CT molecular complexity index is 340. The predicted molar refractivity (Wildman–Crippen MR) is 71.8 cm³/mol. The topological polar surface area (TPSA) is 9.23 Å². The van der Waals surface area contributed by atoms with E-state index in [-0.39, 0.29) is 11.0 Å². The first-order valence-electron chi connectivity index (χ1n) is 5.31. The summed E-state index contributed by atoms with van der Waals surface area (Å²) in [5.41, 5.74) is 1.49. The third kappa shape index (κ3) is 1.77. The van der Waals surface area contributed by atoms with Crippen LogP contribution in [0.1, 0.15) is 26.3 Å². The van der Waals surface area contributed by atoms with Gasteiger partial charge in [0.15, 0.2) is 0 Å². The molecule has 0 aliphatic carbocycles. The van der Waals surface area contributed by atoms with Gasteiger partial charge in [0, 0.05) is 16.3 Å². The van der Waals surface area contributed by atoms with E-state index in [1.807, 2.05) is 6.07 Å². The van der Waals surface area contributed by atoms with Crippen LogP contribution in [0.25, 0.3) is 0 Å². The molecule has 0 bridgehead atoms. The van der Waals surface area contributed by atoms with Crippen LogP contribution < -0.4 is 4.74 Å². The molecular weight excluding hydrogens is 299 g/mol. The highest BCUT2D eigenvalue weighted by Gasteiger charge is 2.47. The lowest BCUT2D eigenvalue weighted by Gasteiger charge is -2.39. The molecule has 0 saturated carbocycles. The van der Waals surface area contributed by atoms with Gasteiger partial charge in [-0.1, -0.05) is 61.6 Å². The maximum Gasteiger partial charge on any atom is 0.127 e. The summed E-state index contributed by atoms with van der Waals surface area (Å²) < 4.78 is 7.23. The van der Waals surface area contributed by atoms with Gasteiger partial charge in [-0.3, -0.25) is 0 Å². The first-order chi connectivity index (χ1) is 6.98. The van der Waals surface area contributed by atoms with Gasteiger partial charge in [-0.2, -0.15) is 0 Å². The lowest BCUT2D eigenvalue weighted by Crippen LogP contribution is -2.48. The summed E-state index contributed by atoms with van der Waals surface area (Å²) in [6.07, 6.45) is 1.04. The Labute approximate surface area is 105 Å². The van der Waals surface area contributed by atoms with E-state index >= 15 is 0 Å². The van der Waals surface area contributed by atoms with Gasteiger partial charge in [0.05, 0.1) is 0 Å². The van der Waals surface area contributed by atoms with E-state index in [0.29, 0.717) is 0 Å². The van der Waals surface area contributed by atoms with Crippen LogP contribution in [0.4, 0.5) is 0 Å². The van der Waals surface area contributed by atoms with Crippen LogP contribution in [0.2, 0.25) is 0 Å². The quantitative estimate of drug-likeness (QED) is 0.565. The molecule has 1 aromatic rings. The molecule has 2 rings (SSSR count). The van der Waals surface area contributed by atoms with E-state index in [1.54, 1.807) is 0 Å². The minimum absolute atomic E-state index is 0.0305. The zero-order valence-corrected chi connectivity index (χ0v) is 11.7. The molecule has 1 nitrogen and oxygen atoms in total. The molecule has 0 N–H and O–H groups in total. The maximum atomic E-state index is 6.20. The largest absolute Gasteiger partial charge is 0.485 e. The number of alkyl halides is 1. The van der Waals surface area contributed by atoms with Crippen LogP contribution in [0.15, 0.2) is 24.3 Å². The molecule has 0 saturated heterocycles. The van der Waals surface area contributed by atoms with E-state index in [4.69, 9.17) is 4.74 Å². The summed E-state index contributed by atoms with van der Waals surface area (Å²) in [6, 6.07) is 8.39. The minimum atomic E-state index is -0.0305. The van der Waals surface area contributed by atoms with Gasteiger partial charge in [0.2, 0.25) is 0 Å². The van der Waals surface area contributed by atoms with Crippen LogP contribution in [0.5, 0.6) is 5.75 Å². The lowest BCUT2D eigenvalue weighted by molar-refractivity contribution is 0.0109. The highest BCUT2D eigenvalue weighted by Crippen LogP contribution is 2.45. The molecular formula is C13H17IO. The van der Waals surface area contributed by atoms with Crippen molar-refractivity contribution >= 4 is 22.6 Å². The minimum Gasteiger partial charge on any atom is -0.485 e. The summed E-state index contributed by atoms with van der Waals surface area (Å²) in [5, 5.41) is 0. The molecule has 1 aliphatic heterocycles. The van der Waals surface area contributed by atoms with Crippen LogP contribution in [0.3, 0.4) is 0 Å². The summed E-state index contributed by atoms with van der Waals surface area (Å²) in [4.78, 5) is 0. The number of halogens is 1. The second-order valence-electron chi connectivity index (χ2n) is 5.26. The fourth-order valence-electron chi connectivity index (χ4n) is 2.00. The summed E-state index contributed by atoms with van der Waals surface area (Å²) in [7, 11) is 0. The molecule has 0 aromatic heterocycles. The zero-order valence-electron chi connectivity index (χ0n) is 9.51. The Balaban J connectivity index is 2.38.